The largest absolute Gasteiger partial charge is 0.465 e. The van der Waals surface area contributed by atoms with E-state index in [1.807, 2.05) is 12.2 Å². The molecule has 0 radical (unpaired) electrons. The molecule has 0 aromatic heterocycles. The summed E-state index contributed by atoms with van der Waals surface area (Å²) in [5.74, 6) is -0.661. The molecule has 2 unspecified atom stereocenters. The van der Waals surface area contributed by atoms with Crippen LogP contribution in [0.3, 0.4) is 0 Å². The monoisotopic (exact) mass is 506 g/mol. The Morgan fingerprint density at radius 2 is 0.972 bits per heavy atom. The van der Waals surface area contributed by atoms with E-state index in [9.17, 15) is 9.59 Å². The average molecular weight is 507 g/mol. The van der Waals surface area contributed by atoms with Gasteiger partial charge in [0.25, 0.3) is 0 Å². The highest BCUT2D eigenvalue weighted by molar-refractivity contribution is 5.82. The molecule has 0 N–H and O–H groups in total. The van der Waals surface area contributed by atoms with Gasteiger partial charge in [0.1, 0.15) is 0 Å². The van der Waals surface area contributed by atoms with E-state index in [1.165, 1.54) is 89.9 Å². The van der Waals surface area contributed by atoms with Crippen LogP contribution in [0.25, 0.3) is 0 Å². The third-order valence-corrected chi connectivity index (χ3v) is 7.45. The molecule has 0 fully saturated rings. The summed E-state index contributed by atoms with van der Waals surface area (Å²) in [5, 5.41) is 0. The minimum Gasteiger partial charge on any atom is -0.465 e. The maximum Gasteiger partial charge on any atom is 0.310 e. The van der Waals surface area contributed by atoms with Crippen molar-refractivity contribution in [3.63, 3.8) is 0 Å². The van der Waals surface area contributed by atoms with Crippen LogP contribution >= 0.6 is 0 Å². The Morgan fingerprint density at radius 3 is 1.36 bits per heavy atom. The van der Waals surface area contributed by atoms with Crippen molar-refractivity contribution in [2.24, 2.45) is 17.8 Å². The van der Waals surface area contributed by atoms with Gasteiger partial charge in [0, 0.05) is 0 Å². The number of allylic oxidation sites excluding steroid dienone is 2. The number of carbonyl (C=O) groups is 2. The molecule has 36 heavy (non-hydrogen) atoms. The Bertz CT molecular complexity index is 569. The van der Waals surface area contributed by atoms with E-state index in [2.05, 4.69) is 20.8 Å². The normalized spacial score (nSPS) is 17.4. The number of ether oxygens (including phenoxy) is 2. The third-order valence-electron chi connectivity index (χ3n) is 7.45. The number of rotatable bonds is 23. The fourth-order valence-electron chi connectivity index (χ4n) is 5.04. The summed E-state index contributed by atoms with van der Waals surface area (Å²) in [4.78, 5) is 25.2. The van der Waals surface area contributed by atoms with Gasteiger partial charge in [-0.2, -0.15) is 0 Å². The number of unbranched alkanes of at least 4 members (excludes halogenated alkanes) is 15. The Labute approximate surface area is 223 Å². The van der Waals surface area contributed by atoms with Crippen LogP contribution < -0.4 is 0 Å². The predicted molar refractivity (Wildman–Crippen MR) is 151 cm³/mol. The first kappa shape index (κ1) is 32.7. The van der Waals surface area contributed by atoms with Crippen molar-refractivity contribution in [2.45, 2.75) is 149 Å². The van der Waals surface area contributed by atoms with Crippen molar-refractivity contribution in [2.75, 3.05) is 13.2 Å². The van der Waals surface area contributed by atoms with Gasteiger partial charge in [0.2, 0.25) is 0 Å². The van der Waals surface area contributed by atoms with Crippen molar-refractivity contribution in [1.82, 2.24) is 0 Å². The van der Waals surface area contributed by atoms with Gasteiger partial charge in [-0.15, -0.1) is 0 Å². The molecule has 1 aliphatic carbocycles. The molecule has 1 aliphatic rings. The summed E-state index contributed by atoms with van der Waals surface area (Å²) in [6.45, 7) is 7.52. The summed E-state index contributed by atoms with van der Waals surface area (Å²) in [5.41, 5.74) is 0. The van der Waals surface area contributed by atoms with Gasteiger partial charge in [-0.25, -0.2) is 0 Å². The van der Waals surface area contributed by atoms with Crippen LogP contribution in [0.5, 0.6) is 0 Å². The lowest BCUT2D eigenvalue weighted by atomic mass is 9.83. The van der Waals surface area contributed by atoms with Crippen LogP contribution in [0, 0.1) is 17.8 Å². The molecule has 0 saturated carbocycles. The summed E-state index contributed by atoms with van der Waals surface area (Å²) < 4.78 is 11.0. The summed E-state index contributed by atoms with van der Waals surface area (Å²) in [6.07, 6.45) is 28.3. The Kier molecular flexibility index (Phi) is 20.8. The third kappa shape index (κ3) is 17.2. The van der Waals surface area contributed by atoms with Crippen LogP contribution in [-0.2, 0) is 19.1 Å². The fraction of sp³-hybridized carbons (Fsp3) is 0.875. The fourth-order valence-corrected chi connectivity index (χ4v) is 5.04. The second-order valence-electron chi connectivity index (χ2n) is 11.3. The molecular weight excluding hydrogens is 448 g/mol. The molecule has 210 valence electrons. The van der Waals surface area contributed by atoms with Crippen molar-refractivity contribution in [1.29, 1.82) is 0 Å². The van der Waals surface area contributed by atoms with E-state index in [0.29, 0.717) is 32.0 Å². The molecule has 0 saturated heterocycles. The quantitative estimate of drug-likeness (QED) is 0.0786. The highest BCUT2D eigenvalue weighted by Gasteiger charge is 2.36. The van der Waals surface area contributed by atoms with Crippen molar-refractivity contribution in [3.05, 3.63) is 12.2 Å². The van der Waals surface area contributed by atoms with Gasteiger partial charge in [-0.1, -0.05) is 129 Å². The maximum absolute atomic E-state index is 12.6. The zero-order chi connectivity index (χ0) is 26.3. The molecule has 1 rings (SSSR count). The lowest BCUT2D eigenvalue weighted by molar-refractivity contribution is -0.161. The smallest absolute Gasteiger partial charge is 0.310 e. The molecule has 0 aromatic rings. The van der Waals surface area contributed by atoms with E-state index in [4.69, 9.17) is 9.47 Å². The molecular formula is C32H58O4. The minimum absolute atomic E-state index is 0.232. The van der Waals surface area contributed by atoms with Crippen molar-refractivity contribution < 1.29 is 19.1 Å². The van der Waals surface area contributed by atoms with Gasteiger partial charge in [0.15, 0.2) is 0 Å². The topological polar surface area (TPSA) is 52.6 Å². The second-order valence-corrected chi connectivity index (χ2v) is 11.3. The van der Waals surface area contributed by atoms with Gasteiger partial charge >= 0.3 is 11.9 Å². The standard InChI is InChI=1S/C32H58O4/c1-4-5-6-7-8-9-10-11-12-13-14-15-16-17-18-21-26-35-31(33)29-24-19-20-25-30(29)32(34)36-27-22-23-28(2)3/h19-20,28-30H,4-18,21-27H2,1-3H3. The van der Waals surface area contributed by atoms with Crippen molar-refractivity contribution >= 4 is 11.9 Å². The molecule has 4 nitrogen and oxygen atoms in total. The molecule has 4 heteroatoms. The molecule has 0 aliphatic heterocycles. The molecule has 0 heterocycles. The van der Waals surface area contributed by atoms with Crippen LogP contribution in [0.4, 0.5) is 0 Å². The number of carbonyl (C=O) groups excluding carboxylic acids is 2. The van der Waals surface area contributed by atoms with Gasteiger partial charge < -0.3 is 9.47 Å². The highest BCUT2D eigenvalue weighted by Crippen LogP contribution is 2.28. The first-order valence-corrected chi connectivity index (χ1v) is 15.5. The predicted octanol–water partition coefficient (Wildman–Crippen LogP) is 9.35. The van der Waals surface area contributed by atoms with E-state index in [1.54, 1.807) is 0 Å². The Morgan fingerprint density at radius 1 is 0.611 bits per heavy atom. The molecule has 2 atom stereocenters. The SMILES string of the molecule is CCCCCCCCCCCCCCCCCCOC(=O)C1CC=CCC1C(=O)OCCCC(C)C. The van der Waals surface area contributed by atoms with Gasteiger partial charge in [-0.3, -0.25) is 9.59 Å². The second kappa shape index (κ2) is 22.8. The summed E-state index contributed by atoms with van der Waals surface area (Å²) in [7, 11) is 0. The average Bonchev–Trinajstić information content (AvgIpc) is 2.88. The number of hydrogen-bond acceptors (Lipinski definition) is 4. The number of esters is 2. The molecule has 0 bridgehead atoms. The lowest BCUT2D eigenvalue weighted by Gasteiger charge is -2.25. The van der Waals surface area contributed by atoms with E-state index in [0.717, 1.165) is 25.7 Å². The first-order valence-electron chi connectivity index (χ1n) is 15.5. The van der Waals surface area contributed by atoms with E-state index >= 15 is 0 Å². The van der Waals surface area contributed by atoms with E-state index < -0.39 is 11.8 Å². The van der Waals surface area contributed by atoms with Crippen molar-refractivity contribution in [3.8, 4) is 0 Å². The van der Waals surface area contributed by atoms with Gasteiger partial charge in [0.05, 0.1) is 25.0 Å². The molecule has 0 spiro atoms. The highest BCUT2D eigenvalue weighted by atomic mass is 16.5. The first-order chi connectivity index (χ1) is 17.6. The van der Waals surface area contributed by atoms with Crippen LogP contribution in [0.1, 0.15) is 149 Å². The Hall–Kier alpha value is -1.32. The van der Waals surface area contributed by atoms with Crippen LogP contribution in [0.2, 0.25) is 0 Å². The van der Waals surface area contributed by atoms with Crippen LogP contribution in [-0.4, -0.2) is 25.2 Å². The van der Waals surface area contributed by atoms with Crippen LogP contribution in [0.15, 0.2) is 12.2 Å². The molecule has 0 aromatic carbocycles. The van der Waals surface area contributed by atoms with Gasteiger partial charge in [-0.05, 0) is 38.0 Å². The van der Waals surface area contributed by atoms with E-state index in [-0.39, 0.29) is 11.9 Å². The summed E-state index contributed by atoms with van der Waals surface area (Å²) in [6, 6.07) is 0. The Balaban J connectivity index is 1.99. The zero-order valence-corrected chi connectivity index (χ0v) is 24.1. The lowest BCUT2D eigenvalue weighted by Crippen LogP contribution is -2.34. The molecule has 0 amide bonds. The summed E-state index contributed by atoms with van der Waals surface area (Å²) >= 11 is 0. The minimum atomic E-state index is -0.396. The number of hydrogen-bond donors (Lipinski definition) is 0. The maximum atomic E-state index is 12.6. The zero-order valence-electron chi connectivity index (χ0n) is 24.1.